The summed E-state index contributed by atoms with van der Waals surface area (Å²) in [5, 5.41) is 0. The van der Waals surface area contributed by atoms with Crippen LogP contribution >= 0.6 is 0 Å². The summed E-state index contributed by atoms with van der Waals surface area (Å²) in [6.45, 7) is 24.2. The molecule has 128 valence electrons. The van der Waals surface area contributed by atoms with Crippen molar-refractivity contribution in [3.8, 4) is 0 Å². The molecule has 0 aliphatic carbocycles. The lowest BCUT2D eigenvalue weighted by Gasteiger charge is -2.43. The van der Waals surface area contributed by atoms with Gasteiger partial charge < -0.3 is 13.1 Å². The molecular weight excluding hydrogens is 310 g/mol. The van der Waals surface area contributed by atoms with E-state index in [2.05, 4.69) is 64.3 Å². The predicted octanol–water partition coefficient (Wildman–Crippen LogP) is 4.42. The summed E-state index contributed by atoms with van der Waals surface area (Å²) in [6.07, 6.45) is 2.52. The van der Waals surface area contributed by atoms with E-state index < -0.39 is 25.8 Å². The second-order valence-electron chi connectivity index (χ2n) is 7.89. The molecule has 0 saturated heterocycles. The van der Waals surface area contributed by atoms with Crippen molar-refractivity contribution in [2.75, 3.05) is 19.8 Å². The third-order valence-electron chi connectivity index (χ3n) is 3.79. The van der Waals surface area contributed by atoms with E-state index >= 15 is 0 Å². The molecule has 1 unspecified atom stereocenters. The van der Waals surface area contributed by atoms with Crippen molar-refractivity contribution < 1.29 is 8.85 Å². The predicted molar refractivity (Wildman–Crippen MR) is 102 cm³/mol. The Morgan fingerprint density at radius 1 is 0.905 bits per heavy atom. The normalized spacial score (nSPS) is 15.0. The van der Waals surface area contributed by atoms with Crippen molar-refractivity contribution >= 4 is 25.8 Å². The molecule has 0 aliphatic heterocycles. The van der Waals surface area contributed by atoms with Crippen LogP contribution in [0.3, 0.4) is 0 Å². The van der Waals surface area contributed by atoms with Gasteiger partial charge in [0.05, 0.1) is 0 Å². The molecule has 6 heteroatoms. The Labute approximate surface area is 137 Å². The number of nitrogens with zero attached hydrogens (tertiary/aromatic N) is 1. The van der Waals surface area contributed by atoms with Crippen LogP contribution in [-0.4, -0.2) is 49.7 Å². The van der Waals surface area contributed by atoms with Gasteiger partial charge in [0, 0.05) is 13.2 Å². The fraction of sp³-hybridized carbons (Fsp3) is 1.00. The molecule has 0 aromatic heterocycles. The Morgan fingerprint density at radius 2 is 1.33 bits per heavy atom. The molecule has 0 aliphatic rings. The molecule has 0 fully saturated rings. The van der Waals surface area contributed by atoms with E-state index in [4.69, 9.17) is 8.85 Å². The Bertz CT molecular complexity index is 257. The first-order chi connectivity index (χ1) is 9.54. The van der Waals surface area contributed by atoms with E-state index in [0.29, 0.717) is 5.54 Å². The molecule has 0 radical (unpaired) electrons. The third-order valence-corrected chi connectivity index (χ3v) is 14.1. The first kappa shape index (κ1) is 21.5. The van der Waals surface area contributed by atoms with E-state index in [9.17, 15) is 0 Å². The summed E-state index contributed by atoms with van der Waals surface area (Å²) in [4.78, 5) is 0. The van der Waals surface area contributed by atoms with Gasteiger partial charge in [0.15, 0.2) is 0 Å². The molecule has 0 heterocycles. The highest BCUT2D eigenvalue weighted by atomic mass is 28.4. The minimum atomic E-state index is -1.47. The van der Waals surface area contributed by atoms with Crippen LogP contribution in [0.2, 0.25) is 44.8 Å². The standard InChI is InChI=1S/C15H39NO2Si3/c1-10-17-19(18-11-2)15(3)13-12-14-16(20(4,5)6)21(7,8)9/h15,19H,10-14H2,1-9H3. The zero-order valence-corrected chi connectivity index (χ0v) is 19.1. The first-order valence-electron chi connectivity index (χ1n) is 8.55. The van der Waals surface area contributed by atoms with Gasteiger partial charge in [-0.2, -0.15) is 0 Å². The van der Waals surface area contributed by atoms with Crippen LogP contribution < -0.4 is 0 Å². The van der Waals surface area contributed by atoms with Gasteiger partial charge in [0.1, 0.15) is 16.5 Å². The summed E-state index contributed by atoms with van der Waals surface area (Å²) in [7, 11) is -3.89. The molecule has 0 bridgehead atoms. The molecule has 0 saturated carbocycles. The van der Waals surface area contributed by atoms with Crippen LogP contribution in [0, 0.1) is 0 Å². The quantitative estimate of drug-likeness (QED) is 0.515. The van der Waals surface area contributed by atoms with E-state index in [0.717, 1.165) is 13.2 Å². The van der Waals surface area contributed by atoms with Crippen LogP contribution in [-0.2, 0) is 8.85 Å². The van der Waals surface area contributed by atoms with Crippen LogP contribution in [0.25, 0.3) is 0 Å². The van der Waals surface area contributed by atoms with E-state index in [1.54, 1.807) is 0 Å². The van der Waals surface area contributed by atoms with Crippen LogP contribution in [0.4, 0.5) is 0 Å². The minimum absolute atomic E-state index is 0.607. The Morgan fingerprint density at radius 3 is 1.67 bits per heavy atom. The smallest absolute Gasteiger partial charge is 0.324 e. The molecule has 0 N–H and O–H groups in total. The largest absolute Gasteiger partial charge is 0.397 e. The fourth-order valence-electron chi connectivity index (χ4n) is 3.09. The maximum Gasteiger partial charge on any atom is 0.324 e. The van der Waals surface area contributed by atoms with Crippen molar-refractivity contribution in [2.45, 2.75) is 78.4 Å². The van der Waals surface area contributed by atoms with Crippen molar-refractivity contribution in [2.24, 2.45) is 0 Å². The lowest BCUT2D eigenvalue weighted by molar-refractivity contribution is 0.203. The van der Waals surface area contributed by atoms with Crippen LogP contribution in [0.15, 0.2) is 0 Å². The minimum Gasteiger partial charge on any atom is -0.397 e. The third kappa shape index (κ3) is 8.66. The van der Waals surface area contributed by atoms with Crippen molar-refractivity contribution in [3.05, 3.63) is 0 Å². The average Bonchev–Trinajstić information content (AvgIpc) is 2.30. The van der Waals surface area contributed by atoms with Crippen LogP contribution in [0.5, 0.6) is 0 Å². The topological polar surface area (TPSA) is 21.7 Å². The van der Waals surface area contributed by atoms with Gasteiger partial charge in [-0.25, -0.2) is 0 Å². The molecule has 1 atom stereocenters. The van der Waals surface area contributed by atoms with Gasteiger partial charge in [-0.15, -0.1) is 0 Å². The summed E-state index contributed by atoms with van der Waals surface area (Å²) in [6, 6.07) is 0. The highest BCUT2D eigenvalue weighted by Crippen LogP contribution is 2.23. The number of hydrogen-bond donors (Lipinski definition) is 0. The molecule has 0 aromatic rings. The second kappa shape index (κ2) is 9.62. The lowest BCUT2D eigenvalue weighted by atomic mass is 10.2. The second-order valence-corrected chi connectivity index (χ2v) is 20.6. The maximum atomic E-state index is 5.86. The zero-order chi connectivity index (χ0) is 16.7. The highest BCUT2D eigenvalue weighted by molar-refractivity contribution is 6.89. The first-order valence-corrected chi connectivity index (χ1v) is 17.0. The van der Waals surface area contributed by atoms with Gasteiger partial charge in [0.2, 0.25) is 0 Å². The van der Waals surface area contributed by atoms with Gasteiger partial charge in [0.25, 0.3) is 0 Å². The molecule has 0 rings (SSSR count). The number of hydrogen-bond acceptors (Lipinski definition) is 3. The number of rotatable bonds is 11. The Hall–Kier alpha value is 0.531. The summed E-state index contributed by atoms with van der Waals surface area (Å²) >= 11 is 0. The molecule has 21 heavy (non-hydrogen) atoms. The van der Waals surface area contributed by atoms with Crippen molar-refractivity contribution in [1.29, 1.82) is 0 Å². The Kier molecular flexibility index (Phi) is 9.86. The van der Waals surface area contributed by atoms with Gasteiger partial charge >= 0.3 is 9.28 Å². The van der Waals surface area contributed by atoms with Crippen LogP contribution in [0.1, 0.15) is 33.6 Å². The fourth-order valence-corrected chi connectivity index (χ4v) is 14.7. The van der Waals surface area contributed by atoms with Gasteiger partial charge in [-0.05, 0) is 38.8 Å². The van der Waals surface area contributed by atoms with Gasteiger partial charge in [-0.3, -0.25) is 0 Å². The molecule has 3 nitrogen and oxygen atoms in total. The van der Waals surface area contributed by atoms with E-state index in [1.165, 1.54) is 19.4 Å². The van der Waals surface area contributed by atoms with Crippen molar-refractivity contribution in [3.63, 3.8) is 0 Å². The summed E-state index contributed by atoms with van der Waals surface area (Å²) in [5.74, 6) is 0. The molecular formula is C15H39NO2Si3. The molecule has 0 aromatic carbocycles. The SMILES string of the molecule is CCO[SiH](OCC)C(C)CCCN([Si](C)(C)C)[Si](C)(C)C. The summed E-state index contributed by atoms with van der Waals surface area (Å²) < 4.78 is 14.6. The van der Waals surface area contributed by atoms with E-state index in [1.807, 2.05) is 0 Å². The van der Waals surface area contributed by atoms with Gasteiger partial charge in [-0.1, -0.05) is 46.2 Å². The molecule has 0 amide bonds. The molecule has 0 spiro atoms. The van der Waals surface area contributed by atoms with E-state index in [-0.39, 0.29) is 0 Å². The maximum absolute atomic E-state index is 5.86. The zero-order valence-electron chi connectivity index (χ0n) is 16.0. The summed E-state index contributed by atoms with van der Waals surface area (Å²) in [5.41, 5.74) is 0.607. The highest BCUT2D eigenvalue weighted by Gasteiger charge is 2.34. The Balaban J connectivity index is 4.43. The lowest BCUT2D eigenvalue weighted by Crippen LogP contribution is -2.59. The monoisotopic (exact) mass is 349 g/mol. The average molecular weight is 350 g/mol. The van der Waals surface area contributed by atoms with Crippen molar-refractivity contribution in [1.82, 2.24) is 4.23 Å².